The smallest absolute Gasteiger partial charge is 0.326 e. The summed E-state index contributed by atoms with van der Waals surface area (Å²) < 4.78 is 7.18. The lowest BCUT2D eigenvalue weighted by Crippen LogP contribution is -2.22. The van der Waals surface area contributed by atoms with Crippen molar-refractivity contribution in [3.05, 3.63) is 48.5 Å². The highest BCUT2D eigenvalue weighted by Crippen LogP contribution is 2.24. The number of imidazole rings is 1. The first-order valence-electron chi connectivity index (χ1n) is 7.39. The van der Waals surface area contributed by atoms with Crippen LogP contribution in [0.15, 0.2) is 48.5 Å². The van der Waals surface area contributed by atoms with Crippen LogP contribution in [0.2, 0.25) is 0 Å². The van der Waals surface area contributed by atoms with Crippen LogP contribution in [0, 0.1) is 0 Å². The van der Waals surface area contributed by atoms with E-state index in [0.717, 1.165) is 11.0 Å². The number of urea groups is 1. The van der Waals surface area contributed by atoms with Crippen LogP contribution in [0.1, 0.15) is 6.92 Å². The number of para-hydroxylation sites is 4. The summed E-state index contributed by atoms with van der Waals surface area (Å²) in [7, 11) is 1.56. The van der Waals surface area contributed by atoms with Crippen molar-refractivity contribution in [1.29, 1.82) is 0 Å². The molecule has 3 aromatic rings. The number of rotatable bonds is 4. The van der Waals surface area contributed by atoms with E-state index in [2.05, 4.69) is 15.6 Å². The van der Waals surface area contributed by atoms with Gasteiger partial charge in [-0.25, -0.2) is 9.78 Å². The number of fused-ring (bicyclic) bond motifs is 1. The minimum Gasteiger partial charge on any atom is -0.495 e. The van der Waals surface area contributed by atoms with Crippen molar-refractivity contribution in [2.45, 2.75) is 13.5 Å². The van der Waals surface area contributed by atoms with Gasteiger partial charge >= 0.3 is 6.03 Å². The summed E-state index contributed by atoms with van der Waals surface area (Å²) in [6.07, 6.45) is 0. The number of amides is 2. The molecule has 23 heavy (non-hydrogen) atoms. The van der Waals surface area contributed by atoms with Crippen LogP contribution in [0.3, 0.4) is 0 Å². The van der Waals surface area contributed by atoms with E-state index in [1.807, 2.05) is 47.9 Å². The van der Waals surface area contributed by atoms with Crippen LogP contribution >= 0.6 is 0 Å². The van der Waals surface area contributed by atoms with Crippen molar-refractivity contribution >= 4 is 28.7 Å². The highest BCUT2D eigenvalue weighted by Gasteiger charge is 2.13. The number of nitrogens with one attached hydrogen (secondary N) is 2. The second kappa shape index (κ2) is 6.39. The predicted molar refractivity (Wildman–Crippen MR) is 91.0 cm³/mol. The summed E-state index contributed by atoms with van der Waals surface area (Å²) in [6.45, 7) is 2.72. The first kappa shape index (κ1) is 14.9. The van der Waals surface area contributed by atoms with E-state index in [0.29, 0.717) is 23.9 Å². The van der Waals surface area contributed by atoms with Crippen molar-refractivity contribution in [3.8, 4) is 5.75 Å². The third-order valence-electron chi connectivity index (χ3n) is 3.55. The molecule has 6 nitrogen and oxygen atoms in total. The minimum atomic E-state index is -0.362. The monoisotopic (exact) mass is 310 g/mol. The van der Waals surface area contributed by atoms with Crippen molar-refractivity contribution in [2.24, 2.45) is 0 Å². The molecule has 0 aliphatic carbocycles. The summed E-state index contributed by atoms with van der Waals surface area (Å²) in [6, 6.07) is 14.7. The van der Waals surface area contributed by atoms with Gasteiger partial charge in [0.25, 0.3) is 0 Å². The fourth-order valence-electron chi connectivity index (χ4n) is 2.49. The summed E-state index contributed by atoms with van der Waals surface area (Å²) in [5.41, 5.74) is 2.44. The molecule has 0 bridgehead atoms. The fourth-order valence-corrected chi connectivity index (χ4v) is 2.49. The highest BCUT2D eigenvalue weighted by molar-refractivity contribution is 6.00. The van der Waals surface area contributed by atoms with Gasteiger partial charge in [-0.2, -0.15) is 0 Å². The van der Waals surface area contributed by atoms with Crippen LogP contribution < -0.4 is 15.4 Å². The zero-order valence-corrected chi connectivity index (χ0v) is 13.0. The van der Waals surface area contributed by atoms with Gasteiger partial charge in [-0.3, -0.25) is 5.32 Å². The molecule has 0 aliphatic heterocycles. The number of ether oxygens (including phenoxy) is 1. The summed E-state index contributed by atoms with van der Waals surface area (Å²) in [5, 5.41) is 5.57. The number of carbonyl (C=O) groups excluding carboxylic acids is 1. The van der Waals surface area contributed by atoms with Gasteiger partial charge in [0.05, 0.1) is 23.8 Å². The fraction of sp³-hybridized carbons (Fsp3) is 0.176. The SMILES string of the molecule is CCn1c(NC(=O)Nc2ccccc2OC)nc2ccccc21. The van der Waals surface area contributed by atoms with E-state index < -0.39 is 0 Å². The van der Waals surface area contributed by atoms with Crippen LogP contribution in [0.5, 0.6) is 5.75 Å². The normalized spacial score (nSPS) is 10.5. The standard InChI is InChI=1S/C17H18N4O2/c1-3-21-14-10-6-4-8-12(14)18-16(21)20-17(22)19-13-9-5-7-11-15(13)23-2/h4-11H,3H2,1-2H3,(H2,18,19,20,22). The molecule has 2 aromatic carbocycles. The molecule has 0 saturated heterocycles. The van der Waals surface area contributed by atoms with Crippen LogP contribution in [0.4, 0.5) is 16.4 Å². The summed E-state index contributed by atoms with van der Waals surface area (Å²) in [4.78, 5) is 16.7. The largest absolute Gasteiger partial charge is 0.495 e. The number of hydrogen-bond acceptors (Lipinski definition) is 3. The molecule has 0 atom stereocenters. The molecule has 1 heterocycles. The Bertz CT molecular complexity index is 841. The van der Waals surface area contributed by atoms with E-state index in [9.17, 15) is 4.79 Å². The molecule has 0 spiro atoms. The topological polar surface area (TPSA) is 68.2 Å². The van der Waals surface area contributed by atoms with Crippen molar-refractivity contribution in [2.75, 3.05) is 17.7 Å². The Morgan fingerprint density at radius 3 is 2.65 bits per heavy atom. The molecule has 0 fully saturated rings. The summed E-state index contributed by atoms with van der Waals surface area (Å²) in [5.74, 6) is 1.12. The molecule has 0 radical (unpaired) electrons. The van der Waals surface area contributed by atoms with Gasteiger partial charge in [0.1, 0.15) is 5.75 Å². The lowest BCUT2D eigenvalue weighted by atomic mass is 10.3. The lowest BCUT2D eigenvalue weighted by molar-refractivity contribution is 0.262. The highest BCUT2D eigenvalue weighted by atomic mass is 16.5. The molecule has 118 valence electrons. The number of anilines is 2. The maximum absolute atomic E-state index is 12.3. The number of carbonyl (C=O) groups is 1. The van der Waals surface area contributed by atoms with E-state index >= 15 is 0 Å². The second-order valence-electron chi connectivity index (χ2n) is 4.95. The van der Waals surface area contributed by atoms with Gasteiger partial charge < -0.3 is 14.6 Å². The third kappa shape index (κ3) is 2.96. The number of aromatic nitrogens is 2. The number of hydrogen-bond donors (Lipinski definition) is 2. The van der Waals surface area contributed by atoms with Gasteiger partial charge in [-0.15, -0.1) is 0 Å². The van der Waals surface area contributed by atoms with E-state index in [-0.39, 0.29) is 6.03 Å². The Morgan fingerprint density at radius 2 is 1.87 bits per heavy atom. The maximum Gasteiger partial charge on any atom is 0.326 e. The average molecular weight is 310 g/mol. The predicted octanol–water partition coefficient (Wildman–Crippen LogP) is 3.71. The molecule has 1 aromatic heterocycles. The number of methoxy groups -OCH3 is 1. The molecule has 0 unspecified atom stereocenters. The van der Waals surface area contributed by atoms with Gasteiger partial charge in [-0.1, -0.05) is 24.3 Å². The average Bonchev–Trinajstić information content (AvgIpc) is 2.92. The minimum absolute atomic E-state index is 0.362. The third-order valence-corrected chi connectivity index (χ3v) is 3.55. The van der Waals surface area contributed by atoms with Crippen molar-refractivity contribution in [3.63, 3.8) is 0 Å². The quantitative estimate of drug-likeness (QED) is 0.772. The molecule has 3 rings (SSSR count). The first-order valence-corrected chi connectivity index (χ1v) is 7.39. The van der Waals surface area contributed by atoms with E-state index in [1.54, 1.807) is 19.2 Å². The maximum atomic E-state index is 12.3. The lowest BCUT2D eigenvalue weighted by Gasteiger charge is -2.11. The Labute approximate surface area is 134 Å². The number of nitrogens with zero attached hydrogens (tertiary/aromatic N) is 2. The Balaban J connectivity index is 1.83. The Morgan fingerprint density at radius 1 is 1.13 bits per heavy atom. The first-order chi connectivity index (χ1) is 11.2. The van der Waals surface area contributed by atoms with Crippen molar-refractivity contribution < 1.29 is 9.53 Å². The molecule has 2 amide bonds. The molecular weight excluding hydrogens is 292 g/mol. The molecular formula is C17H18N4O2. The Kier molecular flexibility index (Phi) is 4.14. The van der Waals surface area contributed by atoms with E-state index in [1.165, 1.54) is 0 Å². The van der Waals surface area contributed by atoms with E-state index in [4.69, 9.17) is 4.74 Å². The van der Waals surface area contributed by atoms with Gasteiger partial charge in [-0.05, 0) is 31.2 Å². The zero-order valence-electron chi connectivity index (χ0n) is 13.0. The van der Waals surface area contributed by atoms with Gasteiger partial charge in [0.15, 0.2) is 0 Å². The number of benzene rings is 2. The van der Waals surface area contributed by atoms with Gasteiger partial charge in [0, 0.05) is 6.54 Å². The Hall–Kier alpha value is -3.02. The van der Waals surface area contributed by atoms with Crippen LogP contribution in [0.25, 0.3) is 11.0 Å². The van der Waals surface area contributed by atoms with Crippen LogP contribution in [-0.4, -0.2) is 22.7 Å². The van der Waals surface area contributed by atoms with Crippen molar-refractivity contribution in [1.82, 2.24) is 9.55 Å². The molecule has 6 heteroatoms. The summed E-state index contributed by atoms with van der Waals surface area (Å²) >= 11 is 0. The number of aryl methyl sites for hydroxylation is 1. The van der Waals surface area contributed by atoms with Crippen LogP contribution in [-0.2, 0) is 6.54 Å². The molecule has 2 N–H and O–H groups in total. The molecule has 0 aliphatic rings. The van der Waals surface area contributed by atoms with Gasteiger partial charge in [0.2, 0.25) is 5.95 Å². The second-order valence-corrected chi connectivity index (χ2v) is 4.95. The zero-order chi connectivity index (χ0) is 16.2. The molecule has 0 saturated carbocycles.